The predicted molar refractivity (Wildman–Crippen MR) is 118 cm³/mol. The summed E-state index contributed by atoms with van der Waals surface area (Å²) in [6, 6.07) is 18.5. The van der Waals surface area contributed by atoms with Crippen molar-refractivity contribution in [3.8, 4) is 5.75 Å². The number of aliphatic imine (C=N–C) groups is 1. The topological polar surface area (TPSA) is 88.7 Å². The molecule has 5 rings (SSSR count). The lowest BCUT2D eigenvalue weighted by Crippen LogP contribution is -2.21. The summed E-state index contributed by atoms with van der Waals surface area (Å²) in [7, 11) is 1.63. The van der Waals surface area contributed by atoms with Crippen molar-refractivity contribution < 1.29 is 14.7 Å². The maximum Gasteiger partial charge on any atom is 0.263 e. The molecule has 1 heterocycles. The fraction of sp³-hybridized carbons (Fsp3) is 0.0400. The van der Waals surface area contributed by atoms with E-state index in [-0.39, 0.29) is 28.4 Å². The van der Waals surface area contributed by atoms with Crippen LogP contribution in [0.2, 0.25) is 0 Å². The van der Waals surface area contributed by atoms with Crippen molar-refractivity contribution in [1.82, 2.24) is 4.57 Å². The molecule has 4 aromatic rings. The average molecular weight is 408 g/mol. The van der Waals surface area contributed by atoms with E-state index >= 15 is 0 Å². The third-order valence-corrected chi connectivity index (χ3v) is 5.56. The van der Waals surface area contributed by atoms with Gasteiger partial charge in [0.1, 0.15) is 11.3 Å². The first-order chi connectivity index (χ1) is 15.0. The van der Waals surface area contributed by atoms with Crippen molar-refractivity contribution in [2.75, 3.05) is 0 Å². The predicted octanol–water partition coefficient (Wildman–Crippen LogP) is 3.77. The van der Waals surface area contributed by atoms with E-state index in [0.717, 1.165) is 0 Å². The summed E-state index contributed by atoms with van der Waals surface area (Å²) in [5, 5.41) is 11.1. The molecule has 1 N–H and O–H groups in total. The molecule has 0 unspecified atom stereocenters. The van der Waals surface area contributed by atoms with Crippen LogP contribution in [-0.2, 0) is 7.05 Å². The number of fused-ring (bicyclic) bond motifs is 3. The second-order valence-corrected chi connectivity index (χ2v) is 7.34. The maximum absolute atomic E-state index is 12.9. The smallest absolute Gasteiger partial charge is 0.263 e. The first-order valence-electron chi connectivity index (χ1n) is 9.64. The number of ketones is 2. The molecular weight excluding hydrogens is 392 g/mol. The minimum atomic E-state index is -0.391. The quantitative estimate of drug-likeness (QED) is 0.450. The van der Waals surface area contributed by atoms with E-state index in [1.807, 2.05) is 0 Å². The van der Waals surface area contributed by atoms with Crippen LogP contribution in [0.25, 0.3) is 10.9 Å². The Balaban J connectivity index is 1.59. The van der Waals surface area contributed by atoms with Gasteiger partial charge < -0.3 is 9.67 Å². The lowest BCUT2D eigenvalue weighted by atomic mass is 9.84. The van der Waals surface area contributed by atoms with Gasteiger partial charge in [0.05, 0.1) is 11.2 Å². The summed E-state index contributed by atoms with van der Waals surface area (Å²) >= 11 is 0. The molecule has 0 amide bonds. The Morgan fingerprint density at radius 2 is 1.42 bits per heavy atom. The number of nitrogens with zero attached hydrogens (tertiary/aromatic N) is 2. The third kappa shape index (κ3) is 2.80. The van der Waals surface area contributed by atoms with E-state index in [0.29, 0.717) is 33.3 Å². The largest absolute Gasteiger partial charge is 0.506 e. The fourth-order valence-corrected chi connectivity index (χ4v) is 3.93. The van der Waals surface area contributed by atoms with Gasteiger partial charge in [0, 0.05) is 40.9 Å². The van der Waals surface area contributed by atoms with E-state index in [9.17, 15) is 19.5 Å². The number of carbonyl (C=O) groups excluding carboxylic acids is 2. The highest BCUT2D eigenvalue weighted by Gasteiger charge is 2.29. The molecule has 0 fully saturated rings. The Labute approximate surface area is 176 Å². The van der Waals surface area contributed by atoms with Crippen LogP contribution < -0.4 is 5.56 Å². The van der Waals surface area contributed by atoms with Crippen molar-refractivity contribution in [2.24, 2.45) is 12.0 Å². The van der Waals surface area contributed by atoms with E-state index in [1.165, 1.54) is 16.8 Å². The van der Waals surface area contributed by atoms with Gasteiger partial charge in [-0.15, -0.1) is 0 Å². The molecule has 0 spiro atoms. The lowest BCUT2D eigenvalue weighted by molar-refractivity contribution is 0.0979. The van der Waals surface area contributed by atoms with Crippen molar-refractivity contribution in [1.29, 1.82) is 0 Å². The number of aromatic hydroxyl groups is 1. The standard InChI is InChI=1S/C25H16N2O4/c1-27-21-9-5-4-8-18(21)24(30)20(25(27)31)13-26-14-10-11-17-19(12-14)23(29)16-7-3-2-6-15(16)22(17)28/h2-13,30H,1H3. The highest BCUT2D eigenvalue weighted by Crippen LogP contribution is 2.30. The zero-order valence-corrected chi connectivity index (χ0v) is 16.5. The van der Waals surface area contributed by atoms with Crippen molar-refractivity contribution in [3.05, 3.63) is 105 Å². The summed E-state index contributed by atoms with van der Waals surface area (Å²) in [5.41, 5.74) is 2.02. The molecule has 0 saturated heterocycles. The Morgan fingerprint density at radius 1 is 0.806 bits per heavy atom. The Bertz CT molecular complexity index is 1510. The van der Waals surface area contributed by atoms with Crippen LogP contribution in [-0.4, -0.2) is 27.5 Å². The van der Waals surface area contributed by atoms with Crippen molar-refractivity contribution >= 4 is 34.4 Å². The van der Waals surface area contributed by atoms with Crippen molar-refractivity contribution in [3.63, 3.8) is 0 Å². The number of carbonyl (C=O) groups is 2. The van der Waals surface area contributed by atoms with E-state index in [2.05, 4.69) is 4.99 Å². The zero-order valence-electron chi connectivity index (χ0n) is 16.5. The van der Waals surface area contributed by atoms with Crippen LogP contribution in [0.4, 0.5) is 5.69 Å². The van der Waals surface area contributed by atoms with Gasteiger partial charge >= 0.3 is 0 Å². The van der Waals surface area contributed by atoms with Gasteiger partial charge in [0.25, 0.3) is 5.56 Å². The Morgan fingerprint density at radius 3 is 2.16 bits per heavy atom. The van der Waals surface area contributed by atoms with E-state index < -0.39 is 5.56 Å². The third-order valence-electron chi connectivity index (χ3n) is 5.56. The number of para-hydroxylation sites is 1. The molecule has 31 heavy (non-hydrogen) atoms. The van der Waals surface area contributed by atoms with Crippen LogP contribution in [0.1, 0.15) is 37.4 Å². The molecule has 6 heteroatoms. The van der Waals surface area contributed by atoms with Crippen LogP contribution in [0, 0.1) is 0 Å². The molecule has 3 aromatic carbocycles. The van der Waals surface area contributed by atoms with Crippen LogP contribution >= 0.6 is 0 Å². The molecular formula is C25H16N2O4. The summed E-state index contributed by atoms with van der Waals surface area (Å²) in [5.74, 6) is -0.603. The SMILES string of the molecule is Cn1c(=O)c(C=Nc2ccc3c(c2)C(=O)c2ccccc2C3=O)c(O)c2ccccc21. The zero-order chi connectivity index (χ0) is 21.7. The number of rotatable bonds is 2. The molecule has 0 radical (unpaired) electrons. The van der Waals surface area contributed by atoms with Gasteiger partial charge in [-0.1, -0.05) is 36.4 Å². The number of hydrogen-bond acceptors (Lipinski definition) is 5. The van der Waals surface area contributed by atoms with Gasteiger partial charge in [0.15, 0.2) is 11.6 Å². The van der Waals surface area contributed by atoms with Gasteiger partial charge in [-0.05, 0) is 30.3 Å². The summed E-state index contributed by atoms with van der Waals surface area (Å²) in [4.78, 5) is 42.6. The number of aryl methyl sites for hydroxylation is 1. The normalized spacial score (nSPS) is 12.9. The number of benzene rings is 3. The monoisotopic (exact) mass is 408 g/mol. The Hall–Kier alpha value is -4.32. The molecule has 1 aliphatic rings. The first kappa shape index (κ1) is 18.7. The van der Waals surface area contributed by atoms with Gasteiger partial charge in [0.2, 0.25) is 0 Å². The molecule has 6 nitrogen and oxygen atoms in total. The molecule has 1 aromatic heterocycles. The summed E-state index contributed by atoms with van der Waals surface area (Å²) in [6.45, 7) is 0. The first-order valence-corrected chi connectivity index (χ1v) is 9.64. The Kier molecular flexibility index (Phi) is 4.15. The second-order valence-electron chi connectivity index (χ2n) is 7.34. The van der Waals surface area contributed by atoms with E-state index in [1.54, 1.807) is 67.7 Å². The lowest BCUT2D eigenvalue weighted by Gasteiger charge is -2.17. The van der Waals surface area contributed by atoms with Gasteiger partial charge in [-0.2, -0.15) is 0 Å². The van der Waals surface area contributed by atoms with Crippen LogP contribution in [0.15, 0.2) is 76.5 Å². The number of aromatic nitrogens is 1. The van der Waals surface area contributed by atoms with Gasteiger partial charge in [-0.25, -0.2) is 0 Å². The van der Waals surface area contributed by atoms with Gasteiger partial charge in [-0.3, -0.25) is 19.4 Å². The summed E-state index contributed by atoms with van der Waals surface area (Å²) < 4.78 is 1.45. The van der Waals surface area contributed by atoms with Crippen LogP contribution in [0.3, 0.4) is 0 Å². The summed E-state index contributed by atoms with van der Waals surface area (Å²) in [6.07, 6.45) is 1.29. The maximum atomic E-state index is 12.9. The fourth-order valence-electron chi connectivity index (χ4n) is 3.93. The molecule has 150 valence electrons. The molecule has 0 atom stereocenters. The minimum absolute atomic E-state index is 0.0478. The second kappa shape index (κ2) is 6.88. The number of hydrogen-bond donors (Lipinski definition) is 1. The molecule has 0 saturated carbocycles. The highest BCUT2D eigenvalue weighted by atomic mass is 16.3. The number of pyridine rings is 1. The van der Waals surface area contributed by atoms with Crippen molar-refractivity contribution in [2.45, 2.75) is 0 Å². The highest BCUT2D eigenvalue weighted by molar-refractivity contribution is 6.28. The van der Waals surface area contributed by atoms with E-state index in [4.69, 9.17) is 0 Å². The van der Waals surface area contributed by atoms with Crippen LogP contribution in [0.5, 0.6) is 5.75 Å². The minimum Gasteiger partial charge on any atom is -0.506 e. The molecule has 0 aliphatic heterocycles. The molecule has 1 aliphatic carbocycles. The molecule has 0 bridgehead atoms. The average Bonchev–Trinajstić information content (AvgIpc) is 2.81.